The van der Waals surface area contributed by atoms with E-state index in [4.69, 9.17) is 16.3 Å². The van der Waals surface area contributed by atoms with E-state index in [1.807, 2.05) is 13.1 Å². The Bertz CT molecular complexity index is 1010. The predicted octanol–water partition coefficient (Wildman–Crippen LogP) is 3.72. The van der Waals surface area contributed by atoms with Gasteiger partial charge in [0.1, 0.15) is 9.71 Å². The van der Waals surface area contributed by atoms with E-state index in [1.165, 1.54) is 30.7 Å². The fourth-order valence-corrected chi connectivity index (χ4v) is 3.69. The van der Waals surface area contributed by atoms with Gasteiger partial charge in [-0.05, 0) is 30.7 Å². The largest absolute Gasteiger partial charge is 0.465 e. The number of allylic oxidation sites excluding steroid dienone is 1. The van der Waals surface area contributed by atoms with Crippen LogP contribution in [0.15, 0.2) is 30.7 Å². The fraction of sp³-hybridized carbons (Fsp3) is 0.222. The quantitative estimate of drug-likeness (QED) is 0.278. The van der Waals surface area contributed by atoms with Crippen molar-refractivity contribution in [1.29, 1.82) is 0 Å². The molecule has 0 aromatic carbocycles. The number of thiophene rings is 1. The number of hydrogen-bond acceptors (Lipinski definition) is 6. The second-order valence-electron chi connectivity index (χ2n) is 5.55. The maximum absolute atomic E-state index is 12.4. The molecule has 0 radical (unpaired) electrons. The van der Waals surface area contributed by atoms with Crippen molar-refractivity contribution in [2.45, 2.75) is 13.5 Å². The zero-order valence-electron chi connectivity index (χ0n) is 14.2. The Labute approximate surface area is 159 Å². The molecule has 0 aliphatic heterocycles. The van der Waals surface area contributed by atoms with Crippen molar-refractivity contribution in [3.8, 4) is 0 Å². The zero-order chi connectivity index (χ0) is 18.7. The molecule has 26 heavy (non-hydrogen) atoms. The summed E-state index contributed by atoms with van der Waals surface area (Å²) in [5, 5.41) is 4.93. The summed E-state index contributed by atoms with van der Waals surface area (Å²) in [5.74, 6) is -0.0924. The lowest BCUT2D eigenvalue weighted by Crippen LogP contribution is -1.99. The van der Waals surface area contributed by atoms with E-state index in [9.17, 15) is 9.59 Å². The Hall–Kier alpha value is -2.51. The summed E-state index contributed by atoms with van der Waals surface area (Å²) in [4.78, 5) is 29.7. The molecule has 0 unspecified atom stereocenters. The Balaban J connectivity index is 1.84. The van der Waals surface area contributed by atoms with Gasteiger partial charge in [0.15, 0.2) is 5.78 Å². The highest BCUT2D eigenvalue weighted by Gasteiger charge is 2.17. The van der Waals surface area contributed by atoms with Gasteiger partial charge in [0.05, 0.1) is 19.9 Å². The Morgan fingerprint density at radius 1 is 1.38 bits per heavy atom. The smallest absolute Gasteiger partial charge is 0.348 e. The molecule has 0 atom stereocenters. The van der Waals surface area contributed by atoms with Crippen LogP contribution < -0.4 is 0 Å². The van der Waals surface area contributed by atoms with E-state index in [1.54, 1.807) is 23.0 Å². The monoisotopic (exact) mass is 389 g/mol. The third-order valence-electron chi connectivity index (χ3n) is 3.84. The molecule has 3 rings (SSSR count). The molecule has 3 heterocycles. The van der Waals surface area contributed by atoms with E-state index in [0.29, 0.717) is 27.7 Å². The minimum absolute atomic E-state index is 0.172. The first kappa shape index (κ1) is 18.3. The van der Waals surface area contributed by atoms with Gasteiger partial charge in [-0.3, -0.25) is 9.48 Å². The first-order valence-corrected chi connectivity index (χ1v) is 9.17. The molecule has 0 spiro atoms. The lowest BCUT2D eigenvalue weighted by molar-refractivity contribution is 0.0605. The number of rotatable bonds is 6. The molecule has 0 N–H and O–H groups in total. The Kier molecular flexibility index (Phi) is 5.49. The molecular formula is C18H16ClN3O3S. The molecular weight excluding hydrogens is 374 g/mol. The van der Waals surface area contributed by atoms with Gasteiger partial charge in [0.25, 0.3) is 0 Å². The molecule has 0 aliphatic carbocycles. The van der Waals surface area contributed by atoms with Crippen LogP contribution in [0.5, 0.6) is 0 Å². The number of fused-ring (bicyclic) bond motifs is 1. The molecule has 0 bridgehead atoms. The highest BCUT2D eigenvalue weighted by molar-refractivity contribution is 7.20. The average Bonchev–Trinajstić information content (AvgIpc) is 3.23. The van der Waals surface area contributed by atoms with Crippen molar-refractivity contribution < 1.29 is 14.3 Å². The lowest BCUT2D eigenvalue weighted by atomic mass is 10.1. The maximum Gasteiger partial charge on any atom is 0.348 e. The number of carbonyl (C=O) groups is 2. The van der Waals surface area contributed by atoms with Crippen LogP contribution in [-0.2, 0) is 11.3 Å². The summed E-state index contributed by atoms with van der Waals surface area (Å²) in [5.41, 5.74) is 2.04. The number of alkyl halides is 1. The van der Waals surface area contributed by atoms with Crippen LogP contribution in [0, 0.1) is 6.92 Å². The second kappa shape index (κ2) is 7.80. The standard InChI is InChI=1S/C18H16ClN3O3S/c1-11-14-7-13(9-20-17(14)26-16(11)18(24)25-2)15(23)4-3-12-8-21-22(10-12)6-5-19/h3-4,7-10H,5-6H2,1-2H3. The number of pyridine rings is 1. The molecule has 0 fully saturated rings. The minimum atomic E-state index is -0.396. The van der Waals surface area contributed by atoms with Crippen molar-refractivity contribution >= 4 is 51.0 Å². The number of aryl methyl sites for hydroxylation is 2. The van der Waals surface area contributed by atoms with E-state index >= 15 is 0 Å². The highest BCUT2D eigenvalue weighted by atomic mass is 35.5. The molecule has 8 heteroatoms. The normalized spacial score (nSPS) is 11.3. The number of methoxy groups -OCH3 is 1. The third kappa shape index (κ3) is 3.68. The SMILES string of the molecule is COC(=O)c1sc2ncc(C(=O)C=Cc3cnn(CCCl)c3)cc2c1C. The number of ketones is 1. The lowest BCUT2D eigenvalue weighted by Gasteiger charge is -1.98. The van der Waals surface area contributed by atoms with Gasteiger partial charge in [-0.1, -0.05) is 0 Å². The van der Waals surface area contributed by atoms with Crippen molar-refractivity contribution in [3.05, 3.63) is 52.3 Å². The fourth-order valence-electron chi connectivity index (χ4n) is 2.46. The summed E-state index contributed by atoms with van der Waals surface area (Å²) in [6.07, 6.45) is 8.18. The summed E-state index contributed by atoms with van der Waals surface area (Å²) < 4.78 is 6.50. The predicted molar refractivity (Wildman–Crippen MR) is 102 cm³/mol. The van der Waals surface area contributed by atoms with E-state index in [2.05, 4.69) is 10.1 Å². The third-order valence-corrected chi connectivity index (χ3v) is 5.21. The average molecular weight is 390 g/mol. The molecule has 3 aromatic heterocycles. The first-order valence-electron chi connectivity index (χ1n) is 7.81. The summed E-state index contributed by atoms with van der Waals surface area (Å²) in [6, 6.07) is 1.75. The van der Waals surface area contributed by atoms with Crippen molar-refractivity contribution in [2.24, 2.45) is 0 Å². The molecule has 3 aromatic rings. The second-order valence-corrected chi connectivity index (χ2v) is 6.92. The topological polar surface area (TPSA) is 74.1 Å². The van der Waals surface area contributed by atoms with Crippen molar-refractivity contribution in [3.63, 3.8) is 0 Å². The van der Waals surface area contributed by atoms with E-state index < -0.39 is 5.97 Å². The van der Waals surface area contributed by atoms with E-state index in [0.717, 1.165) is 16.5 Å². The van der Waals surface area contributed by atoms with Crippen LogP contribution in [0.25, 0.3) is 16.3 Å². The minimum Gasteiger partial charge on any atom is -0.465 e. The van der Waals surface area contributed by atoms with Crippen LogP contribution in [-0.4, -0.2) is 39.5 Å². The number of esters is 1. The number of ether oxygens (including phenoxy) is 1. The van der Waals surface area contributed by atoms with Gasteiger partial charge < -0.3 is 4.74 Å². The van der Waals surface area contributed by atoms with Crippen LogP contribution in [0.3, 0.4) is 0 Å². The molecule has 0 aliphatic rings. The molecule has 0 amide bonds. The zero-order valence-corrected chi connectivity index (χ0v) is 15.8. The van der Waals surface area contributed by atoms with Crippen LogP contribution in [0.4, 0.5) is 0 Å². The number of nitrogens with zero attached hydrogens (tertiary/aromatic N) is 3. The van der Waals surface area contributed by atoms with E-state index in [-0.39, 0.29) is 5.78 Å². The molecule has 0 saturated carbocycles. The number of halogens is 1. The molecule has 6 nitrogen and oxygen atoms in total. The first-order chi connectivity index (χ1) is 12.5. The molecule has 134 valence electrons. The number of aromatic nitrogens is 3. The van der Waals surface area contributed by atoms with Gasteiger partial charge in [-0.2, -0.15) is 5.10 Å². The van der Waals surface area contributed by atoms with Crippen molar-refractivity contribution in [2.75, 3.05) is 13.0 Å². The van der Waals surface area contributed by atoms with Gasteiger partial charge in [-0.15, -0.1) is 22.9 Å². The van der Waals surface area contributed by atoms with Gasteiger partial charge in [0.2, 0.25) is 0 Å². The highest BCUT2D eigenvalue weighted by Crippen LogP contribution is 2.30. The maximum atomic E-state index is 12.4. The number of hydrogen-bond donors (Lipinski definition) is 0. The Morgan fingerprint density at radius 2 is 2.19 bits per heavy atom. The summed E-state index contributed by atoms with van der Waals surface area (Å²) in [6.45, 7) is 2.44. The summed E-state index contributed by atoms with van der Waals surface area (Å²) >= 11 is 6.93. The van der Waals surface area contributed by atoms with Gasteiger partial charge in [-0.25, -0.2) is 9.78 Å². The Morgan fingerprint density at radius 3 is 2.92 bits per heavy atom. The van der Waals surface area contributed by atoms with Gasteiger partial charge in [0, 0.05) is 34.8 Å². The van der Waals surface area contributed by atoms with Crippen LogP contribution in [0.2, 0.25) is 0 Å². The molecule has 0 saturated heterocycles. The summed E-state index contributed by atoms with van der Waals surface area (Å²) in [7, 11) is 1.34. The van der Waals surface area contributed by atoms with Gasteiger partial charge >= 0.3 is 5.97 Å². The number of carbonyl (C=O) groups excluding carboxylic acids is 2. The van der Waals surface area contributed by atoms with Crippen LogP contribution in [0.1, 0.15) is 31.2 Å². The van der Waals surface area contributed by atoms with Crippen molar-refractivity contribution in [1.82, 2.24) is 14.8 Å². The van der Waals surface area contributed by atoms with Crippen LogP contribution >= 0.6 is 22.9 Å².